The molecule has 0 aliphatic rings. The van der Waals surface area contributed by atoms with E-state index in [1.165, 1.54) is 0 Å². The van der Waals surface area contributed by atoms with Crippen LogP contribution >= 0.6 is 0 Å². The first-order chi connectivity index (χ1) is 11.6. The van der Waals surface area contributed by atoms with Crippen molar-refractivity contribution < 1.29 is 18.5 Å². The van der Waals surface area contributed by atoms with Crippen molar-refractivity contribution in [2.24, 2.45) is 0 Å². The summed E-state index contributed by atoms with van der Waals surface area (Å²) in [6, 6.07) is 10.2. The minimum Gasteiger partial charge on any atom is -0.485 e. The average molecular weight is 327 g/mol. The van der Waals surface area contributed by atoms with Crippen molar-refractivity contribution >= 4 is 5.91 Å². The monoisotopic (exact) mass is 327 g/mol. The first-order valence-corrected chi connectivity index (χ1v) is 7.48. The number of hydrogen-bond donors (Lipinski definition) is 1. The fourth-order valence-electron chi connectivity index (χ4n) is 2.14. The average Bonchev–Trinajstić information content (AvgIpc) is 3.25. The minimum absolute atomic E-state index is 0.181. The molecular formula is C17H17N3O4. The van der Waals surface area contributed by atoms with Crippen molar-refractivity contribution in [1.82, 2.24) is 15.5 Å². The Morgan fingerprint density at radius 1 is 1.29 bits per heavy atom. The highest BCUT2D eigenvalue weighted by Crippen LogP contribution is 2.16. The molecule has 0 bridgehead atoms. The lowest BCUT2D eigenvalue weighted by molar-refractivity contribution is 0.0935. The molecule has 1 N–H and O–H groups in total. The standard InChI is InChI=1S/C17H17N3O4/c1-11(15-4-3-9-22-15)18-17(21)13-5-7-14(8-6-13)23-10-16-19-12(2)24-20-16/h3-9,11H,10H2,1-2H3,(H,18,21)/t11-/m0/s1. The highest BCUT2D eigenvalue weighted by atomic mass is 16.5. The number of nitrogens with zero attached hydrogens (tertiary/aromatic N) is 2. The van der Waals surface area contributed by atoms with Crippen molar-refractivity contribution in [2.45, 2.75) is 26.5 Å². The van der Waals surface area contributed by atoms with E-state index in [4.69, 9.17) is 13.7 Å². The van der Waals surface area contributed by atoms with Crippen LogP contribution in [-0.4, -0.2) is 16.0 Å². The van der Waals surface area contributed by atoms with Crippen molar-refractivity contribution in [3.8, 4) is 5.75 Å². The van der Waals surface area contributed by atoms with Gasteiger partial charge in [-0.3, -0.25) is 4.79 Å². The second-order valence-corrected chi connectivity index (χ2v) is 5.25. The first-order valence-electron chi connectivity index (χ1n) is 7.48. The van der Waals surface area contributed by atoms with Gasteiger partial charge in [-0.15, -0.1) is 0 Å². The van der Waals surface area contributed by atoms with Crippen molar-refractivity contribution in [3.05, 3.63) is 65.7 Å². The minimum atomic E-state index is -0.204. The lowest BCUT2D eigenvalue weighted by atomic mass is 10.2. The Bertz CT molecular complexity index is 794. The van der Waals surface area contributed by atoms with Gasteiger partial charge in [0, 0.05) is 12.5 Å². The number of carbonyl (C=O) groups is 1. The van der Waals surface area contributed by atoms with Crippen LogP contribution in [-0.2, 0) is 6.61 Å². The van der Waals surface area contributed by atoms with Crippen LogP contribution in [0, 0.1) is 6.92 Å². The molecule has 1 atom stereocenters. The van der Waals surface area contributed by atoms with E-state index in [1.807, 2.05) is 13.0 Å². The maximum atomic E-state index is 12.2. The van der Waals surface area contributed by atoms with Crippen LogP contribution in [0.5, 0.6) is 5.75 Å². The quantitative estimate of drug-likeness (QED) is 0.748. The maximum Gasteiger partial charge on any atom is 0.251 e. The number of hydrogen-bond acceptors (Lipinski definition) is 6. The molecule has 0 fully saturated rings. The van der Waals surface area contributed by atoms with Gasteiger partial charge < -0.3 is 19.0 Å². The molecule has 7 heteroatoms. The summed E-state index contributed by atoms with van der Waals surface area (Å²) in [4.78, 5) is 16.3. The van der Waals surface area contributed by atoms with Gasteiger partial charge in [0.05, 0.1) is 12.3 Å². The fourth-order valence-corrected chi connectivity index (χ4v) is 2.14. The Hall–Kier alpha value is -3.09. The van der Waals surface area contributed by atoms with Crippen LogP contribution in [0.3, 0.4) is 0 Å². The number of amides is 1. The van der Waals surface area contributed by atoms with Gasteiger partial charge in [-0.25, -0.2) is 0 Å². The van der Waals surface area contributed by atoms with Gasteiger partial charge >= 0.3 is 0 Å². The molecule has 3 rings (SSSR count). The lowest BCUT2D eigenvalue weighted by Crippen LogP contribution is -2.26. The van der Waals surface area contributed by atoms with E-state index in [9.17, 15) is 4.79 Å². The number of benzene rings is 1. The summed E-state index contributed by atoms with van der Waals surface area (Å²) < 4.78 is 15.7. The zero-order chi connectivity index (χ0) is 16.9. The number of furan rings is 1. The summed E-state index contributed by atoms with van der Waals surface area (Å²) in [7, 11) is 0. The predicted octanol–water partition coefficient (Wildman–Crippen LogP) is 3.04. The number of ether oxygens (including phenoxy) is 1. The summed E-state index contributed by atoms with van der Waals surface area (Å²) in [5.74, 6) is 2.11. The number of carbonyl (C=O) groups excluding carboxylic acids is 1. The molecule has 1 amide bonds. The SMILES string of the molecule is Cc1nc(COc2ccc(C(=O)N[C@@H](C)c3ccco3)cc2)no1. The van der Waals surface area contributed by atoms with Crippen LogP contribution in [0.2, 0.25) is 0 Å². The Labute approximate surface area is 138 Å². The van der Waals surface area contributed by atoms with E-state index in [0.29, 0.717) is 28.8 Å². The summed E-state index contributed by atoms with van der Waals surface area (Å²) in [6.07, 6.45) is 1.58. The number of aryl methyl sites for hydroxylation is 1. The fraction of sp³-hybridized carbons (Fsp3) is 0.235. The lowest BCUT2D eigenvalue weighted by Gasteiger charge is -2.11. The molecule has 0 aliphatic carbocycles. The van der Waals surface area contributed by atoms with E-state index in [0.717, 1.165) is 0 Å². The molecule has 1 aromatic carbocycles. The second kappa shape index (κ2) is 6.99. The van der Waals surface area contributed by atoms with Gasteiger partial charge in [0.25, 0.3) is 5.91 Å². The Morgan fingerprint density at radius 2 is 2.08 bits per heavy atom. The molecule has 24 heavy (non-hydrogen) atoms. The van der Waals surface area contributed by atoms with Crippen LogP contribution in [0.15, 0.2) is 51.6 Å². The normalized spacial score (nSPS) is 11.9. The highest BCUT2D eigenvalue weighted by molar-refractivity contribution is 5.94. The van der Waals surface area contributed by atoms with Crippen molar-refractivity contribution in [1.29, 1.82) is 0 Å². The molecule has 124 valence electrons. The zero-order valence-electron chi connectivity index (χ0n) is 13.4. The molecule has 0 radical (unpaired) electrons. The first kappa shape index (κ1) is 15.8. The molecule has 2 heterocycles. The van der Waals surface area contributed by atoms with E-state index in [1.54, 1.807) is 43.5 Å². The topological polar surface area (TPSA) is 90.4 Å². The Kier molecular flexibility index (Phi) is 4.60. The molecule has 0 unspecified atom stereocenters. The molecule has 3 aromatic rings. The molecule has 0 saturated carbocycles. The highest BCUT2D eigenvalue weighted by Gasteiger charge is 2.13. The zero-order valence-corrected chi connectivity index (χ0v) is 13.4. The molecule has 2 aromatic heterocycles. The van der Waals surface area contributed by atoms with Gasteiger partial charge in [0.2, 0.25) is 11.7 Å². The van der Waals surface area contributed by atoms with Gasteiger partial charge in [-0.2, -0.15) is 4.98 Å². The second-order valence-electron chi connectivity index (χ2n) is 5.25. The Balaban J connectivity index is 1.56. The van der Waals surface area contributed by atoms with Crippen molar-refractivity contribution in [3.63, 3.8) is 0 Å². The summed E-state index contributed by atoms with van der Waals surface area (Å²) >= 11 is 0. The Morgan fingerprint density at radius 3 is 2.71 bits per heavy atom. The molecule has 0 spiro atoms. The molecule has 7 nitrogen and oxygen atoms in total. The van der Waals surface area contributed by atoms with Crippen molar-refractivity contribution in [2.75, 3.05) is 0 Å². The van der Waals surface area contributed by atoms with Gasteiger partial charge in [0.15, 0.2) is 6.61 Å². The van der Waals surface area contributed by atoms with Gasteiger partial charge in [-0.1, -0.05) is 5.16 Å². The van der Waals surface area contributed by atoms with E-state index < -0.39 is 0 Å². The summed E-state index contributed by atoms with van der Waals surface area (Å²) in [5, 5.41) is 6.62. The third kappa shape index (κ3) is 3.81. The van der Waals surface area contributed by atoms with Crippen LogP contribution < -0.4 is 10.1 Å². The molecular weight excluding hydrogens is 310 g/mol. The third-order valence-electron chi connectivity index (χ3n) is 3.37. The van der Waals surface area contributed by atoms with E-state index >= 15 is 0 Å². The van der Waals surface area contributed by atoms with Crippen LogP contribution in [0.4, 0.5) is 0 Å². The molecule has 0 aliphatic heterocycles. The number of rotatable bonds is 6. The van der Waals surface area contributed by atoms with Gasteiger partial charge in [0.1, 0.15) is 11.5 Å². The number of aromatic nitrogens is 2. The van der Waals surface area contributed by atoms with E-state index in [-0.39, 0.29) is 18.6 Å². The van der Waals surface area contributed by atoms with Crippen LogP contribution in [0.1, 0.15) is 40.8 Å². The maximum absolute atomic E-state index is 12.2. The van der Waals surface area contributed by atoms with E-state index in [2.05, 4.69) is 15.5 Å². The van der Waals surface area contributed by atoms with Crippen LogP contribution in [0.25, 0.3) is 0 Å². The molecule has 0 saturated heterocycles. The summed E-state index contributed by atoms with van der Waals surface area (Å²) in [5.41, 5.74) is 0.538. The largest absolute Gasteiger partial charge is 0.485 e. The third-order valence-corrected chi connectivity index (χ3v) is 3.37. The van der Waals surface area contributed by atoms with Gasteiger partial charge in [-0.05, 0) is 43.3 Å². The number of nitrogens with one attached hydrogen (secondary N) is 1. The smallest absolute Gasteiger partial charge is 0.251 e. The predicted molar refractivity (Wildman–Crippen MR) is 84.4 cm³/mol. The summed E-state index contributed by atoms with van der Waals surface area (Å²) in [6.45, 7) is 3.78.